The maximum absolute atomic E-state index is 13.8. The van der Waals surface area contributed by atoms with Crippen LogP contribution in [0.2, 0.25) is 5.02 Å². The molecule has 5 atom stereocenters. The second-order valence-electron chi connectivity index (χ2n) is 13.7. The lowest BCUT2D eigenvalue weighted by atomic mass is 9.68. The number of pyridine rings is 1. The smallest absolute Gasteiger partial charge is 0.304 e. The quantitative estimate of drug-likeness (QED) is 0.215. The van der Waals surface area contributed by atoms with Gasteiger partial charge in [0.05, 0.1) is 30.6 Å². The fourth-order valence-corrected chi connectivity index (χ4v) is 9.23. The number of aliphatic hydroxyl groups is 1. The number of halogens is 1. The van der Waals surface area contributed by atoms with Crippen molar-refractivity contribution in [2.45, 2.75) is 69.6 Å². The van der Waals surface area contributed by atoms with Crippen molar-refractivity contribution in [1.29, 1.82) is 0 Å². The Labute approximate surface area is 294 Å². The van der Waals surface area contributed by atoms with Gasteiger partial charge >= 0.3 is 10.2 Å². The number of aromatic nitrogens is 1. The van der Waals surface area contributed by atoms with Crippen molar-refractivity contribution >= 4 is 33.4 Å². The van der Waals surface area contributed by atoms with Crippen molar-refractivity contribution in [3.05, 3.63) is 114 Å². The number of fused-ring (bicyclic) bond motifs is 3. The predicted octanol–water partition coefficient (Wildman–Crippen LogP) is 6.22. The summed E-state index contributed by atoms with van der Waals surface area (Å²) < 4.78 is 37.7. The number of aliphatic hydroxyl groups excluding tert-OH is 1. The van der Waals surface area contributed by atoms with Gasteiger partial charge in [-0.2, -0.15) is 12.7 Å². The van der Waals surface area contributed by atoms with E-state index in [4.69, 9.17) is 16.3 Å². The molecule has 0 radical (unpaired) electrons. The zero-order valence-electron chi connectivity index (χ0n) is 27.9. The molecular weight excluding hydrogens is 660 g/mol. The molecule has 2 heterocycles. The number of nitrogens with zero attached hydrogens (tertiary/aromatic N) is 3. The summed E-state index contributed by atoms with van der Waals surface area (Å²) in [5, 5.41) is 11.4. The summed E-state index contributed by atoms with van der Waals surface area (Å²) in [5.74, 6) is 0.208. The Balaban J connectivity index is 1.32. The van der Waals surface area contributed by atoms with E-state index in [0.29, 0.717) is 42.6 Å². The number of aryl methyl sites for hydroxylation is 1. The van der Waals surface area contributed by atoms with Gasteiger partial charge in [-0.05, 0) is 111 Å². The van der Waals surface area contributed by atoms with Gasteiger partial charge in [-0.15, -0.1) is 13.2 Å². The standard InChI is InChI=1S/C38H45ClN4O5S/c1-4-9-26(3)43(23-31-11-6-7-19-40-31)49(46,47)41-37(45)28-13-17-36-34(21-28)42(22-29-12-15-32(29)35(44)5-2)24-38(25-48-36)18-8-10-27-20-30(39)14-16-33(27)38/h4-7,11,13-14,16-17,19-21,26,29,32,35,44H,1-2,8-10,12,15,18,22-25H2,3H3,(H,41,45)/t26?,29-,32+,35?,38-/m0/s1. The second-order valence-corrected chi connectivity index (χ2v) is 15.8. The zero-order valence-corrected chi connectivity index (χ0v) is 29.5. The van der Waals surface area contributed by atoms with Crippen LogP contribution >= 0.6 is 11.6 Å². The summed E-state index contributed by atoms with van der Waals surface area (Å²) in [6.07, 6.45) is 9.42. The Morgan fingerprint density at radius 3 is 2.78 bits per heavy atom. The lowest BCUT2D eigenvalue weighted by Gasteiger charge is -2.45. The van der Waals surface area contributed by atoms with Gasteiger partial charge in [-0.1, -0.05) is 35.9 Å². The molecule has 3 aromatic rings. The summed E-state index contributed by atoms with van der Waals surface area (Å²) in [4.78, 5) is 20.3. The number of carbonyl (C=O) groups excluding carboxylic acids is 1. The molecule has 1 amide bonds. The van der Waals surface area contributed by atoms with Crippen LogP contribution in [0.3, 0.4) is 0 Å². The van der Waals surface area contributed by atoms with Crippen molar-refractivity contribution in [1.82, 2.24) is 14.0 Å². The Morgan fingerprint density at radius 1 is 1.22 bits per heavy atom. The lowest BCUT2D eigenvalue weighted by molar-refractivity contribution is 0.0460. The molecule has 0 bridgehead atoms. The van der Waals surface area contributed by atoms with Crippen molar-refractivity contribution < 1.29 is 23.1 Å². The minimum atomic E-state index is -4.27. The van der Waals surface area contributed by atoms with Gasteiger partial charge in [0.2, 0.25) is 0 Å². The highest BCUT2D eigenvalue weighted by Gasteiger charge is 2.44. The largest absolute Gasteiger partial charge is 0.490 e. The number of rotatable bonds is 12. The third-order valence-corrected chi connectivity index (χ3v) is 12.3. The molecule has 2 unspecified atom stereocenters. The van der Waals surface area contributed by atoms with Crippen molar-refractivity contribution in [3.8, 4) is 5.75 Å². The van der Waals surface area contributed by atoms with Crippen molar-refractivity contribution in [2.24, 2.45) is 11.8 Å². The summed E-state index contributed by atoms with van der Waals surface area (Å²) in [6.45, 7) is 11.1. The first-order valence-electron chi connectivity index (χ1n) is 17.0. The number of carbonyl (C=O) groups is 1. The van der Waals surface area contributed by atoms with Crippen LogP contribution in [0.1, 0.15) is 66.2 Å². The molecule has 6 rings (SSSR count). The lowest BCUT2D eigenvalue weighted by Crippen LogP contribution is -2.49. The molecule has 2 N–H and O–H groups in total. The van der Waals surface area contributed by atoms with Gasteiger partial charge in [0.1, 0.15) is 5.75 Å². The molecule has 1 aromatic heterocycles. The Hall–Kier alpha value is -3.70. The van der Waals surface area contributed by atoms with Gasteiger partial charge in [0, 0.05) is 41.3 Å². The van der Waals surface area contributed by atoms with Gasteiger partial charge in [-0.25, -0.2) is 4.72 Å². The summed E-state index contributed by atoms with van der Waals surface area (Å²) in [7, 11) is -4.27. The number of hydrogen-bond donors (Lipinski definition) is 2. The molecule has 2 aliphatic carbocycles. The molecule has 1 fully saturated rings. The number of hydrogen-bond acceptors (Lipinski definition) is 7. The molecule has 1 saturated carbocycles. The number of benzene rings is 2. The first kappa shape index (κ1) is 35.1. The third kappa shape index (κ3) is 7.43. The summed E-state index contributed by atoms with van der Waals surface area (Å²) in [5.41, 5.74) is 3.63. The number of nitrogens with one attached hydrogen (secondary N) is 1. The van der Waals surface area contributed by atoms with Crippen LogP contribution in [0.5, 0.6) is 5.75 Å². The number of amides is 1. The summed E-state index contributed by atoms with van der Waals surface area (Å²) in [6, 6.07) is 16.1. The van der Waals surface area contributed by atoms with Crippen LogP contribution in [-0.4, -0.2) is 60.6 Å². The van der Waals surface area contributed by atoms with Crippen LogP contribution in [0, 0.1) is 11.8 Å². The molecule has 0 saturated heterocycles. The molecule has 1 aliphatic heterocycles. The minimum Gasteiger partial charge on any atom is -0.490 e. The van der Waals surface area contributed by atoms with E-state index in [-0.39, 0.29) is 29.4 Å². The van der Waals surface area contributed by atoms with E-state index in [9.17, 15) is 18.3 Å². The number of ether oxygens (including phenoxy) is 1. The predicted molar refractivity (Wildman–Crippen MR) is 193 cm³/mol. The number of anilines is 1. The van der Waals surface area contributed by atoms with Gasteiger partial charge in [0.25, 0.3) is 5.91 Å². The average Bonchev–Trinajstić information content (AvgIpc) is 3.22. The fraction of sp³-hybridized carbons (Fsp3) is 0.421. The molecule has 3 aliphatic rings. The average molecular weight is 705 g/mol. The minimum absolute atomic E-state index is 0.00184. The van der Waals surface area contributed by atoms with E-state index in [1.54, 1.807) is 61.7 Å². The van der Waals surface area contributed by atoms with Gasteiger partial charge in [0.15, 0.2) is 0 Å². The SMILES string of the molecule is C=CCC(C)N(Cc1ccccn1)S(=O)(=O)NC(=O)c1ccc2c(c1)N(C[C@@H]1CC[C@H]1C(O)C=C)C[C@@]1(CCCc3cc(Cl)ccc31)CO2. The highest BCUT2D eigenvalue weighted by Crippen LogP contribution is 2.46. The molecule has 11 heteroatoms. The first-order chi connectivity index (χ1) is 23.5. The van der Waals surface area contributed by atoms with Crippen LogP contribution in [0.15, 0.2) is 86.1 Å². The van der Waals surface area contributed by atoms with Crippen molar-refractivity contribution in [3.63, 3.8) is 0 Å². The molecule has 260 valence electrons. The van der Waals surface area contributed by atoms with Gasteiger partial charge in [-0.3, -0.25) is 9.78 Å². The second kappa shape index (κ2) is 14.6. The van der Waals surface area contributed by atoms with Crippen LogP contribution in [0.4, 0.5) is 5.69 Å². The van der Waals surface area contributed by atoms with E-state index in [2.05, 4.69) is 39.9 Å². The van der Waals surface area contributed by atoms with Crippen molar-refractivity contribution in [2.75, 3.05) is 24.6 Å². The van der Waals surface area contributed by atoms with Gasteiger partial charge < -0.3 is 14.7 Å². The third-order valence-electron chi connectivity index (χ3n) is 10.5. The van der Waals surface area contributed by atoms with Crippen LogP contribution in [0.25, 0.3) is 0 Å². The topological polar surface area (TPSA) is 112 Å². The van der Waals surface area contributed by atoms with E-state index in [1.165, 1.54) is 15.4 Å². The van der Waals surface area contributed by atoms with E-state index >= 15 is 0 Å². The normalized spacial score (nSPS) is 22.9. The molecular formula is C38H45ClN4O5S. The molecule has 2 aromatic carbocycles. The summed E-state index contributed by atoms with van der Waals surface area (Å²) >= 11 is 6.41. The highest BCUT2D eigenvalue weighted by molar-refractivity contribution is 7.87. The monoisotopic (exact) mass is 704 g/mol. The fourth-order valence-electron chi connectivity index (χ4n) is 7.71. The maximum atomic E-state index is 13.8. The Morgan fingerprint density at radius 2 is 2.06 bits per heavy atom. The molecule has 49 heavy (non-hydrogen) atoms. The van der Waals surface area contributed by atoms with E-state index in [1.807, 2.05) is 6.07 Å². The zero-order chi connectivity index (χ0) is 34.8. The Bertz CT molecular complexity index is 1800. The molecule has 1 spiro atoms. The maximum Gasteiger partial charge on any atom is 0.304 e. The first-order valence-corrected chi connectivity index (χ1v) is 18.8. The molecule has 9 nitrogen and oxygen atoms in total. The Kier molecular flexibility index (Phi) is 10.5. The van der Waals surface area contributed by atoms with E-state index < -0.39 is 28.3 Å². The van der Waals surface area contributed by atoms with Crippen LogP contribution in [-0.2, 0) is 28.6 Å². The van der Waals surface area contributed by atoms with E-state index in [0.717, 1.165) is 37.8 Å². The highest BCUT2D eigenvalue weighted by atomic mass is 35.5. The van der Waals surface area contributed by atoms with Crippen LogP contribution < -0.4 is 14.4 Å².